The third-order valence-corrected chi connectivity index (χ3v) is 8.89. The van der Waals surface area contributed by atoms with E-state index in [4.69, 9.17) is 16.6 Å². The van der Waals surface area contributed by atoms with E-state index >= 15 is 0 Å². The number of hydrogen-bond acceptors (Lipinski definition) is 6. The molecule has 1 aromatic carbocycles. The van der Waals surface area contributed by atoms with Crippen molar-refractivity contribution in [2.45, 2.75) is 55.9 Å². The number of aryl methyl sites for hydroxylation is 1. The fourth-order valence-corrected chi connectivity index (χ4v) is 6.37. The standard InChI is InChI=1S/C22H26N6O2S/c1-15-2-4-16(5-3-15)31(29,30)27-13-6-17-19(27)26-14-18(23)28(17)20(24)21-7-10-22(25,11-8-21)12-9-21/h2-6,13-14,23-24H,7-12,25H2,1H3. The molecule has 3 aromatic rings. The molecule has 162 valence electrons. The Labute approximate surface area is 180 Å². The molecule has 2 bridgehead atoms. The SMILES string of the molecule is Cc1ccc(S(=O)(=O)n2ccc3c2ncc(=N)n3C(=N)C23CCC(N)(CC2)CC3)cc1. The zero-order valence-corrected chi connectivity index (χ0v) is 18.2. The Morgan fingerprint density at radius 3 is 2.29 bits per heavy atom. The van der Waals surface area contributed by atoms with Crippen LogP contribution in [0.3, 0.4) is 0 Å². The molecule has 4 N–H and O–H groups in total. The summed E-state index contributed by atoms with van der Waals surface area (Å²) in [6.45, 7) is 1.90. The van der Waals surface area contributed by atoms with E-state index in [-0.39, 0.29) is 27.0 Å². The van der Waals surface area contributed by atoms with Gasteiger partial charge in [0, 0.05) is 17.2 Å². The van der Waals surface area contributed by atoms with Crippen molar-refractivity contribution in [3.8, 4) is 0 Å². The Hall–Kier alpha value is -2.78. The summed E-state index contributed by atoms with van der Waals surface area (Å²) in [7, 11) is -3.85. The van der Waals surface area contributed by atoms with Crippen molar-refractivity contribution in [1.82, 2.24) is 13.5 Å². The summed E-state index contributed by atoms with van der Waals surface area (Å²) in [5, 5.41) is 17.5. The molecule has 3 saturated carbocycles. The van der Waals surface area contributed by atoms with Gasteiger partial charge in [0.25, 0.3) is 10.0 Å². The zero-order valence-electron chi connectivity index (χ0n) is 17.4. The maximum Gasteiger partial charge on any atom is 0.269 e. The molecule has 0 atom stereocenters. The van der Waals surface area contributed by atoms with Gasteiger partial charge < -0.3 is 5.73 Å². The van der Waals surface area contributed by atoms with Gasteiger partial charge in [0.2, 0.25) is 0 Å². The van der Waals surface area contributed by atoms with E-state index in [1.54, 1.807) is 34.9 Å². The highest BCUT2D eigenvalue weighted by atomic mass is 32.2. The van der Waals surface area contributed by atoms with Gasteiger partial charge in [0.05, 0.1) is 16.6 Å². The summed E-state index contributed by atoms with van der Waals surface area (Å²) in [5.41, 5.74) is 7.72. The molecule has 0 radical (unpaired) electrons. The minimum Gasteiger partial charge on any atom is -0.325 e. The van der Waals surface area contributed by atoms with E-state index in [0.717, 1.165) is 48.1 Å². The minimum atomic E-state index is -3.85. The summed E-state index contributed by atoms with van der Waals surface area (Å²) in [4.78, 5) is 4.44. The maximum atomic E-state index is 13.2. The molecule has 31 heavy (non-hydrogen) atoms. The van der Waals surface area contributed by atoms with Gasteiger partial charge in [-0.1, -0.05) is 17.7 Å². The second-order valence-electron chi connectivity index (χ2n) is 9.11. The van der Waals surface area contributed by atoms with Gasteiger partial charge in [-0.3, -0.25) is 15.4 Å². The zero-order chi connectivity index (χ0) is 22.0. The normalized spacial score (nSPS) is 25.7. The van der Waals surface area contributed by atoms with Crippen LogP contribution in [0.2, 0.25) is 0 Å². The number of aromatic nitrogens is 3. The molecule has 8 nitrogen and oxygen atoms in total. The Bertz CT molecular complexity index is 1340. The lowest BCUT2D eigenvalue weighted by atomic mass is 9.57. The van der Waals surface area contributed by atoms with E-state index in [9.17, 15) is 8.42 Å². The number of benzene rings is 1. The second kappa shape index (κ2) is 6.61. The molecule has 6 rings (SSSR count). The average molecular weight is 439 g/mol. The lowest BCUT2D eigenvalue weighted by molar-refractivity contribution is 0.0963. The van der Waals surface area contributed by atoms with E-state index in [2.05, 4.69) is 4.98 Å². The molecule has 3 fully saturated rings. The monoisotopic (exact) mass is 438 g/mol. The molecular formula is C22H26N6O2S. The van der Waals surface area contributed by atoms with E-state index in [1.807, 2.05) is 6.92 Å². The van der Waals surface area contributed by atoms with Crippen LogP contribution in [0.4, 0.5) is 0 Å². The highest BCUT2D eigenvalue weighted by Gasteiger charge is 2.49. The lowest BCUT2D eigenvalue weighted by Crippen LogP contribution is -2.56. The third-order valence-electron chi connectivity index (χ3n) is 7.20. The van der Waals surface area contributed by atoms with Crippen LogP contribution in [0.1, 0.15) is 44.1 Å². The van der Waals surface area contributed by atoms with Crippen molar-refractivity contribution in [3.05, 3.63) is 53.8 Å². The maximum absolute atomic E-state index is 13.2. The first-order chi connectivity index (χ1) is 14.7. The van der Waals surface area contributed by atoms with Crippen LogP contribution < -0.4 is 11.2 Å². The van der Waals surface area contributed by atoms with Gasteiger partial charge in [-0.15, -0.1) is 0 Å². The second-order valence-corrected chi connectivity index (χ2v) is 10.9. The molecule has 9 heteroatoms. The van der Waals surface area contributed by atoms with Crippen molar-refractivity contribution in [2.75, 3.05) is 0 Å². The number of nitrogens with one attached hydrogen (secondary N) is 2. The summed E-state index contributed by atoms with van der Waals surface area (Å²) in [6.07, 6.45) is 7.87. The molecule has 0 aliphatic heterocycles. The molecule has 3 aliphatic rings. The largest absolute Gasteiger partial charge is 0.325 e. The predicted molar refractivity (Wildman–Crippen MR) is 118 cm³/mol. The Morgan fingerprint density at radius 2 is 1.68 bits per heavy atom. The van der Waals surface area contributed by atoms with Crippen LogP contribution in [0.25, 0.3) is 11.2 Å². The van der Waals surface area contributed by atoms with Crippen molar-refractivity contribution >= 4 is 27.0 Å². The quantitative estimate of drug-likeness (QED) is 0.429. The Morgan fingerprint density at radius 1 is 1.06 bits per heavy atom. The number of nitrogens with two attached hydrogens (primary N) is 1. The van der Waals surface area contributed by atoms with Crippen LogP contribution in [0.5, 0.6) is 0 Å². The lowest BCUT2D eigenvalue weighted by Gasteiger charge is -2.52. The average Bonchev–Trinajstić information content (AvgIpc) is 3.19. The van der Waals surface area contributed by atoms with Crippen LogP contribution in [-0.4, -0.2) is 33.3 Å². The number of rotatable bonds is 3. The molecule has 0 amide bonds. The molecule has 3 aliphatic carbocycles. The third kappa shape index (κ3) is 2.98. The van der Waals surface area contributed by atoms with Crippen LogP contribution in [-0.2, 0) is 10.0 Å². The highest BCUT2D eigenvalue weighted by molar-refractivity contribution is 7.90. The van der Waals surface area contributed by atoms with Gasteiger partial charge in [0.15, 0.2) is 5.65 Å². The molecule has 2 aromatic heterocycles. The first-order valence-electron chi connectivity index (χ1n) is 10.5. The molecule has 0 spiro atoms. The molecule has 2 heterocycles. The summed E-state index contributed by atoms with van der Waals surface area (Å²) in [6, 6.07) is 8.30. The van der Waals surface area contributed by atoms with Crippen molar-refractivity contribution in [3.63, 3.8) is 0 Å². The van der Waals surface area contributed by atoms with Gasteiger partial charge in [-0.2, -0.15) is 0 Å². The van der Waals surface area contributed by atoms with Crippen LogP contribution in [0, 0.1) is 23.2 Å². The van der Waals surface area contributed by atoms with E-state index in [0.29, 0.717) is 11.4 Å². The topological polar surface area (TPSA) is 131 Å². The van der Waals surface area contributed by atoms with Gasteiger partial charge in [-0.25, -0.2) is 17.4 Å². The van der Waals surface area contributed by atoms with Crippen molar-refractivity contribution in [1.29, 1.82) is 10.8 Å². The number of fused-ring (bicyclic) bond motifs is 4. The molecular weight excluding hydrogens is 412 g/mol. The van der Waals surface area contributed by atoms with Gasteiger partial charge in [0.1, 0.15) is 11.3 Å². The summed E-state index contributed by atoms with van der Waals surface area (Å²) >= 11 is 0. The van der Waals surface area contributed by atoms with Crippen molar-refractivity contribution < 1.29 is 8.42 Å². The molecule has 0 unspecified atom stereocenters. The first-order valence-corrected chi connectivity index (χ1v) is 11.9. The van der Waals surface area contributed by atoms with Crippen LogP contribution >= 0.6 is 0 Å². The number of nitrogens with zero attached hydrogens (tertiary/aromatic N) is 3. The highest BCUT2D eigenvalue weighted by Crippen LogP contribution is 2.52. The van der Waals surface area contributed by atoms with Gasteiger partial charge >= 0.3 is 0 Å². The van der Waals surface area contributed by atoms with Gasteiger partial charge in [-0.05, 0) is 63.6 Å². The number of hydrogen-bond donors (Lipinski definition) is 3. The fraction of sp³-hybridized carbons (Fsp3) is 0.409. The van der Waals surface area contributed by atoms with E-state index < -0.39 is 10.0 Å². The fourth-order valence-electron chi connectivity index (χ4n) is 5.07. The smallest absolute Gasteiger partial charge is 0.269 e. The Balaban J connectivity index is 1.63. The Kier molecular flexibility index (Phi) is 4.29. The van der Waals surface area contributed by atoms with Crippen LogP contribution in [0.15, 0.2) is 47.6 Å². The van der Waals surface area contributed by atoms with Crippen molar-refractivity contribution in [2.24, 2.45) is 11.1 Å². The van der Waals surface area contributed by atoms with E-state index in [1.165, 1.54) is 12.4 Å². The summed E-state index contributed by atoms with van der Waals surface area (Å²) < 4.78 is 29.2. The molecule has 0 saturated heterocycles. The predicted octanol–water partition coefficient (Wildman–Crippen LogP) is 2.74. The minimum absolute atomic E-state index is 0.0764. The first kappa shape index (κ1) is 20.1. The summed E-state index contributed by atoms with van der Waals surface area (Å²) in [5.74, 6) is 0.345.